The minimum absolute atomic E-state index is 0.394. The van der Waals surface area contributed by atoms with Crippen LogP contribution in [0.25, 0.3) is 0 Å². The lowest BCUT2D eigenvalue weighted by molar-refractivity contribution is 0.338. The first-order valence-electron chi connectivity index (χ1n) is 5.72. The average molecular weight is 205 g/mol. The molecule has 1 saturated carbocycles. The highest BCUT2D eigenvalue weighted by atomic mass is 14.9. The lowest BCUT2D eigenvalue weighted by Crippen LogP contribution is -2.39. The fourth-order valence-electron chi connectivity index (χ4n) is 2.18. The number of nitrogens with two attached hydrogens (primary N) is 1. The van der Waals surface area contributed by atoms with Crippen molar-refractivity contribution in [2.75, 3.05) is 0 Å². The van der Waals surface area contributed by atoms with Gasteiger partial charge in [-0.25, -0.2) is 0 Å². The fourth-order valence-corrected chi connectivity index (χ4v) is 2.18. The number of hydrogen-bond donors (Lipinski definition) is 2. The maximum absolute atomic E-state index is 5.94. The van der Waals surface area contributed by atoms with Crippen molar-refractivity contribution in [1.29, 1.82) is 0 Å². The summed E-state index contributed by atoms with van der Waals surface area (Å²) < 4.78 is 0. The SMILES string of the molecule is NC1CCCC(NCc2cccnc2)C1. The average Bonchev–Trinajstić information content (AvgIpc) is 2.28. The molecule has 1 aromatic rings. The van der Waals surface area contributed by atoms with Crippen molar-refractivity contribution in [3.8, 4) is 0 Å². The van der Waals surface area contributed by atoms with Crippen LogP contribution in [0.3, 0.4) is 0 Å². The second-order valence-electron chi connectivity index (χ2n) is 4.37. The molecule has 0 bridgehead atoms. The summed E-state index contributed by atoms with van der Waals surface area (Å²) in [5, 5.41) is 3.55. The summed E-state index contributed by atoms with van der Waals surface area (Å²) in [5.74, 6) is 0. The summed E-state index contributed by atoms with van der Waals surface area (Å²) in [5.41, 5.74) is 7.19. The van der Waals surface area contributed by atoms with Gasteiger partial charge in [0.25, 0.3) is 0 Å². The Hall–Kier alpha value is -0.930. The molecular weight excluding hydrogens is 186 g/mol. The van der Waals surface area contributed by atoms with E-state index < -0.39 is 0 Å². The van der Waals surface area contributed by atoms with Gasteiger partial charge < -0.3 is 11.1 Å². The first-order chi connectivity index (χ1) is 7.34. The minimum Gasteiger partial charge on any atom is -0.328 e. The van der Waals surface area contributed by atoms with E-state index in [1.807, 2.05) is 12.3 Å². The Morgan fingerprint density at radius 3 is 3.13 bits per heavy atom. The molecule has 2 unspecified atom stereocenters. The van der Waals surface area contributed by atoms with Crippen molar-refractivity contribution in [2.45, 2.75) is 44.3 Å². The largest absolute Gasteiger partial charge is 0.328 e. The molecule has 1 heterocycles. The third-order valence-corrected chi connectivity index (χ3v) is 3.03. The van der Waals surface area contributed by atoms with E-state index in [9.17, 15) is 0 Å². The van der Waals surface area contributed by atoms with E-state index in [0.29, 0.717) is 12.1 Å². The third kappa shape index (κ3) is 3.29. The van der Waals surface area contributed by atoms with Crippen LogP contribution in [0.4, 0.5) is 0 Å². The highest BCUT2D eigenvalue weighted by molar-refractivity contribution is 5.08. The molecule has 0 amide bonds. The predicted octanol–water partition coefficient (Wildman–Crippen LogP) is 1.44. The van der Waals surface area contributed by atoms with Gasteiger partial charge in [-0.1, -0.05) is 12.5 Å². The molecule has 1 aliphatic carbocycles. The van der Waals surface area contributed by atoms with Gasteiger partial charge in [0.2, 0.25) is 0 Å². The maximum Gasteiger partial charge on any atom is 0.0312 e. The second-order valence-corrected chi connectivity index (χ2v) is 4.37. The van der Waals surface area contributed by atoms with Crippen LogP contribution < -0.4 is 11.1 Å². The third-order valence-electron chi connectivity index (χ3n) is 3.03. The second kappa shape index (κ2) is 5.24. The van der Waals surface area contributed by atoms with Crippen molar-refractivity contribution in [3.05, 3.63) is 30.1 Å². The molecular formula is C12H19N3. The van der Waals surface area contributed by atoms with Gasteiger partial charge in [-0.3, -0.25) is 4.98 Å². The van der Waals surface area contributed by atoms with Crippen molar-refractivity contribution < 1.29 is 0 Å². The zero-order valence-electron chi connectivity index (χ0n) is 9.02. The first kappa shape index (κ1) is 10.6. The van der Waals surface area contributed by atoms with Crippen LogP contribution in [0.5, 0.6) is 0 Å². The van der Waals surface area contributed by atoms with Crippen LogP contribution >= 0.6 is 0 Å². The van der Waals surface area contributed by atoms with Crippen molar-refractivity contribution in [2.24, 2.45) is 5.73 Å². The zero-order valence-corrected chi connectivity index (χ0v) is 9.02. The molecule has 1 aliphatic rings. The number of hydrogen-bond acceptors (Lipinski definition) is 3. The topological polar surface area (TPSA) is 50.9 Å². The Balaban J connectivity index is 1.78. The lowest BCUT2D eigenvalue weighted by atomic mass is 9.91. The normalized spacial score (nSPS) is 26.5. The molecule has 1 aromatic heterocycles. The van der Waals surface area contributed by atoms with Gasteiger partial charge in [0.05, 0.1) is 0 Å². The van der Waals surface area contributed by atoms with Gasteiger partial charge in [-0.2, -0.15) is 0 Å². The van der Waals surface area contributed by atoms with Crippen LogP contribution in [-0.2, 0) is 6.54 Å². The summed E-state index contributed by atoms with van der Waals surface area (Å²) in [6, 6.07) is 5.06. The Morgan fingerprint density at radius 2 is 2.40 bits per heavy atom. The van der Waals surface area contributed by atoms with E-state index in [1.165, 1.54) is 24.8 Å². The number of aromatic nitrogens is 1. The van der Waals surface area contributed by atoms with Crippen LogP contribution in [0.2, 0.25) is 0 Å². The molecule has 0 radical (unpaired) electrons. The quantitative estimate of drug-likeness (QED) is 0.785. The molecule has 82 valence electrons. The van der Waals surface area contributed by atoms with E-state index in [1.54, 1.807) is 6.20 Å². The van der Waals surface area contributed by atoms with E-state index in [2.05, 4.69) is 16.4 Å². The first-order valence-corrected chi connectivity index (χ1v) is 5.72. The van der Waals surface area contributed by atoms with Crippen molar-refractivity contribution >= 4 is 0 Å². The van der Waals surface area contributed by atoms with Gasteiger partial charge in [-0.15, -0.1) is 0 Å². The Kier molecular flexibility index (Phi) is 3.69. The Labute approximate surface area is 91.1 Å². The monoisotopic (exact) mass is 205 g/mol. The molecule has 0 aromatic carbocycles. The van der Waals surface area contributed by atoms with Crippen LogP contribution in [0, 0.1) is 0 Å². The number of pyridine rings is 1. The molecule has 1 fully saturated rings. The lowest BCUT2D eigenvalue weighted by Gasteiger charge is -2.27. The number of rotatable bonds is 3. The smallest absolute Gasteiger partial charge is 0.0312 e. The molecule has 2 rings (SSSR count). The van der Waals surface area contributed by atoms with E-state index in [4.69, 9.17) is 5.73 Å². The summed E-state index contributed by atoms with van der Waals surface area (Å²) in [4.78, 5) is 4.10. The molecule has 3 heteroatoms. The molecule has 2 atom stereocenters. The van der Waals surface area contributed by atoms with Gasteiger partial charge >= 0.3 is 0 Å². The standard InChI is InChI=1S/C12H19N3/c13-11-4-1-5-12(7-11)15-9-10-3-2-6-14-8-10/h2-3,6,8,11-12,15H,1,4-5,7,9,13H2. The predicted molar refractivity (Wildman–Crippen MR) is 61.3 cm³/mol. The summed E-state index contributed by atoms with van der Waals surface area (Å²) in [7, 11) is 0. The van der Waals surface area contributed by atoms with E-state index in [0.717, 1.165) is 13.0 Å². The van der Waals surface area contributed by atoms with Gasteiger partial charge in [0.1, 0.15) is 0 Å². The van der Waals surface area contributed by atoms with Crippen molar-refractivity contribution in [3.63, 3.8) is 0 Å². The van der Waals surface area contributed by atoms with E-state index >= 15 is 0 Å². The molecule has 0 saturated heterocycles. The van der Waals surface area contributed by atoms with Crippen LogP contribution in [0.15, 0.2) is 24.5 Å². The van der Waals surface area contributed by atoms with Gasteiger partial charge in [0, 0.05) is 31.0 Å². The summed E-state index contributed by atoms with van der Waals surface area (Å²) in [6.07, 6.45) is 8.53. The molecule has 0 aliphatic heterocycles. The molecule has 3 nitrogen and oxygen atoms in total. The highest BCUT2D eigenvalue weighted by Gasteiger charge is 2.18. The number of nitrogens with one attached hydrogen (secondary N) is 1. The van der Waals surface area contributed by atoms with Crippen LogP contribution in [0.1, 0.15) is 31.2 Å². The summed E-state index contributed by atoms with van der Waals surface area (Å²) in [6.45, 7) is 0.908. The van der Waals surface area contributed by atoms with Gasteiger partial charge in [-0.05, 0) is 30.9 Å². The van der Waals surface area contributed by atoms with E-state index in [-0.39, 0.29) is 0 Å². The maximum atomic E-state index is 5.94. The minimum atomic E-state index is 0.394. The Bertz CT molecular complexity index is 286. The Morgan fingerprint density at radius 1 is 1.47 bits per heavy atom. The molecule has 0 spiro atoms. The summed E-state index contributed by atoms with van der Waals surface area (Å²) >= 11 is 0. The zero-order chi connectivity index (χ0) is 10.5. The molecule has 3 N–H and O–H groups in total. The number of nitrogens with zero attached hydrogens (tertiary/aromatic N) is 1. The molecule has 15 heavy (non-hydrogen) atoms. The highest BCUT2D eigenvalue weighted by Crippen LogP contribution is 2.17. The van der Waals surface area contributed by atoms with Gasteiger partial charge in [0.15, 0.2) is 0 Å². The van der Waals surface area contributed by atoms with Crippen LogP contribution in [-0.4, -0.2) is 17.1 Å². The van der Waals surface area contributed by atoms with Crippen molar-refractivity contribution in [1.82, 2.24) is 10.3 Å². The fraction of sp³-hybridized carbons (Fsp3) is 0.583.